The molecule has 6 nitrogen and oxygen atoms in total. The van der Waals surface area contributed by atoms with Crippen LogP contribution >= 0.6 is 11.8 Å². The molecule has 0 aromatic carbocycles. The van der Waals surface area contributed by atoms with Crippen molar-refractivity contribution in [1.82, 2.24) is 14.5 Å². The quantitative estimate of drug-likeness (QED) is 0.798. The van der Waals surface area contributed by atoms with Gasteiger partial charge in [-0.1, -0.05) is 11.8 Å². The van der Waals surface area contributed by atoms with Gasteiger partial charge in [-0.05, 0) is 32.4 Å². The van der Waals surface area contributed by atoms with E-state index in [1.54, 1.807) is 29.6 Å². The number of ether oxygens (including phenoxy) is 1. The van der Waals surface area contributed by atoms with Gasteiger partial charge in [-0.2, -0.15) is 5.26 Å². The first-order valence-electron chi connectivity index (χ1n) is 7.67. The summed E-state index contributed by atoms with van der Waals surface area (Å²) >= 11 is 1.54. The Labute approximate surface area is 144 Å². The largest absolute Gasteiger partial charge is 0.373 e. The summed E-state index contributed by atoms with van der Waals surface area (Å²) in [7, 11) is 1.63. The molecule has 0 saturated carbocycles. The molecule has 3 heterocycles. The Kier molecular flexibility index (Phi) is 4.43. The van der Waals surface area contributed by atoms with Gasteiger partial charge in [0.25, 0.3) is 5.56 Å². The first-order chi connectivity index (χ1) is 11.5. The Morgan fingerprint density at radius 2 is 2.21 bits per heavy atom. The third-order valence-electron chi connectivity index (χ3n) is 4.17. The van der Waals surface area contributed by atoms with Crippen LogP contribution < -0.4 is 5.56 Å². The third kappa shape index (κ3) is 2.83. The van der Waals surface area contributed by atoms with E-state index in [-0.39, 0.29) is 11.1 Å². The Hall–Kier alpha value is -2.17. The van der Waals surface area contributed by atoms with Gasteiger partial charge in [0.05, 0.1) is 11.4 Å². The van der Waals surface area contributed by atoms with Crippen LogP contribution in [0.15, 0.2) is 28.3 Å². The molecule has 0 unspecified atom stereocenters. The molecule has 0 N–H and O–H groups in total. The van der Waals surface area contributed by atoms with Crippen molar-refractivity contribution >= 4 is 11.8 Å². The van der Waals surface area contributed by atoms with Crippen LogP contribution in [0.4, 0.5) is 0 Å². The summed E-state index contributed by atoms with van der Waals surface area (Å²) in [6.45, 7) is 4.47. The number of nitriles is 1. The molecule has 1 aliphatic rings. The predicted octanol–water partition coefficient (Wildman–Crippen LogP) is 2.55. The minimum atomic E-state index is -0.505. The van der Waals surface area contributed by atoms with Crippen molar-refractivity contribution in [2.24, 2.45) is 0 Å². The van der Waals surface area contributed by atoms with Gasteiger partial charge in [-0.3, -0.25) is 14.3 Å². The SMILES string of the molecule is COC(C)(C)c1ccc(-c2nc3n(c(=O)c2C#N)CCCS3)cn1. The molecule has 0 radical (unpaired) electrons. The van der Waals surface area contributed by atoms with Gasteiger partial charge in [0.2, 0.25) is 0 Å². The maximum absolute atomic E-state index is 12.6. The van der Waals surface area contributed by atoms with Crippen LogP contribution in [0.1, 0.15) is 31.5 Å². The number of rotatable bonds is 3. The number of nitrogens with zero attached hydrogens (tertiary/aromatic N) is 4. The van der Waals surface area contributed by atoms with Crippen molar-refractivity contribution in [3.8, 4) is 17.3 Å². The molecule has 0 fully saturated rings. The number of fused-ring (bicyclic) bond motifs is 1. The van der Waals surface area contributed by atoms with Gasteiger partial charge in [0, 0.05) is 31.2 Å². The second kappa shape index (κ2) is 6.38. The summed E-state index contributed by atoms with van der Waals surface area (Å²) in [5, 5.41) is 10.1. The molecule has 7 heteroatoms. The van der Waals surface area contributed by atoms with E-state index in [0.717, 1.165) is 17.9 Å². The fraction of sp³-hybridized carbons (Fsp3) is 0.412. The predicted molar refractivity (Wildman–Crippen MR) is 91.8 cm³/mol. The van der Waals surface area contributed by atoms with Crippen LogP contribution in [-0.2, 0) is 16.9 Å². The van der Waals surface area contributed by atoms with Crippen molar-refractivity contribution in [1.29, 1.82) is 5.26 Å². The molecule has 24 heavy (non-hydrogen) atoms. The van der Waals surface area contributed by atoms with Gasteiger partial charge in [-0.25, -0.2) is 4.98 Å². The molecular formula is C17H18N4O2S. The standard InChI is InChI=1S/C17H18N4O2S/c1-17(2,23-3)13-6-5-11(10-19-13)14-12(9-18)15(22)21-7-4-8-24-16(21)20-14/h5-6,10H,4,7-8H2,1-3H3. The lowest BCUT2D eigenvalue weighted by molar-refractivity contribution is 0.0155. The third-order valence-corrected chi connectivity index (χ3v) is 5.23. The lowest BCUT2D eigenvalue weighted by Gasteiger charge is -2.22. The monoisotopic (exact) mass is 342 g/mol. The van der Waals surface area contributed by atoms with E-state index in [0.29, 0.717) is 23.0 Å². The summed E-state index contributed by atoms with van der Waals surface area (Å²) < 4.78 is 7.01. The van der Waals surface area contributed by atoms with Crippen LogP contribution in [0.3, 0.4) is 0 Å². The molecule has 1 aliphatic heterocycles. The smallest absolute Gasteiger partial charge is 0.272 e. The fourth-order valence-corrected chi connectivity index (χ4v) is 3.47. The first-order valence-corrected chi connectivity index (χ1v) is 8.66. The van der Waals surface area contributed by atoms with Crippen molar-refractivity contribution < 1.29 is 4.74 Å². The van der Waals surface area contributed by atoms with Crippen LogP contribution in [0.25, 0.3) is 11.3 Å². The zero-order valence-corrected chi connectivity index (χ0v) is 14.7. The molecule has 0 bridgehead atoms. The van der Waals surface area contributed by atoms with Crippen LogP contribution in [0.5, 0.6) is 0 Å². The number of pyridine rings is 1. The molecule has 124 valence electrons. The van der Waals surface area contributed by atoms with Gasteiger partial charge in [0.15, 0.2) is 5.16 Å². The Morgan fingerprint density at radius 1 is 1.42 bits per heavy atom. The minimum absolute atomic E-state index is 0.0711. The van der Waals surface area contributed by atoms with Crippen molar-refractivity contribution in [2.45, 2.75) is 37.6 Å². The summed E-state index contributed by atoms with van der Waals surface area (Å²) in [5.74, 6) is 0.928. The average Bonchev–Trinajstić information content (AvgIpc) is 2.62. The van der Waals surface area contributed by atoms with E-state index in [2.05, 4.69) is 9.97 Å². The van der Waals surface area contributed by atoms with Gasteiger partial charge < -0.3 is 4.74 Å². The normalized spacial score (nSPS) is 14.1. The summed E-state index contributed by atoms with van der Waals surface area (Å²) in [6, 6.07) is 5.68. The number of methoxy groups -OCH3 is 1. The van der Waals surface area contributed by atoms with Gasteiger partial charge >= 0.3 is 0 Å². The van der Waals surface area contributed by atoms with Crippen molar-refractivity contribution in [2.75, 3.05) is 12.9 Å². The number of thioether (sulfide) groups is 1. The number of hydrogen-bond donors (Lipinski definition) is 0. The molecule has 0 spiro atoms. The van der Waals surface area contributed by atoms with Gasteiger partial charge in [0.1, 0.15) is 17.2 Å². The van der Waals surface area contributed by atoms with E-state index in [4.69, 9.17) is 4.74 Å². The Balaban J connectivity index is 2.11. The zero-order valence-electron chi connectivity index (χ0n) is 13.9. The number of aromatic nitrogens is 3. The summed E-state index contributed by atoms with van der Waals surface area (Å²) in [5.41, 5.74) is 1.13. The number of hydrogen-bond acceptors (Lipinski definition) is 6. The lowest BCUT2D eigenvalue weighted by Crippen LogP contribution is -2.29. The van der Waals surface area contributed by atoms with Crippen LogP contribution in [0, 0.1) is 11.3 Å². The molecule has 0 aliphatic carbocycles. The highest BCUT2D eigenvalue weighted by Gasteiger charge is 2.23. The minimum Gasteiger partial charge on any atom is -0.373 e. The maximum atomic E-state index is 12.6. The molecule has 0 amide bonds. The first kappa shape index (κ1) is 16.7. The maximum Gasteiger partial charge on any atom is 0.272 e. The van der Waals surface area contributed by atoms with Crippen molar-refractivity contribution in [3.63, 3.8) is 0 Å². The highest BCUT2D eigenvalue weighted by atomic mass is 32.2. The second-order valence-electron chi connectivity index (χ2n) is 6.04. The van der Waals surface area contributed by atoms with E-state index >= 15 is 0 Å². The fourth-order valence-electron chi connectivity index (χ4n) is 2.53. The topological polar surface area (TPSA) is 80.8 Å². The molecule has 3 rings (SSSR count). The van der Waals surface area contributed by atoms with Crippen LogP contribution in [-0.4, -0.2) is 27.4 Å². The van der Waals surface area contributed by atoms with Crippen molar-refractivity contribution in [3.05, 3.63) is 39.9 Å². The van der Waals surface area contributed by atoms with E-state index < -0.39 is 5.60 Å². The highest BCUT2D eigenvalue weighted by Crippen LogP contribution is 2.28. The molecule has 0 atom stereocenters. The summed E-state index contributed by atoms with van der Waals surface area (Å²) in [4.78, 5) is 21.5. The average molecular weight is 342 g/mol. The molecule has 2 aromatic heterocycles. The van der Waals surface area contributed by atoms with E-state index in [1.807, 2.05) is 32.0 Å². The summed E-state index contributed by atoms with van der Waals surface area (Å²) in [6.07, 6.45) is 2.55. The van der Waals surface area contributed by atoms with E-state index in [9.17, 15) is 10.1 Å². The zero-order chi connectivity index (χ0) is 17.3. The Morgan fingerprint density at radius 3 is 2.83 bits per heavy atom. The second-order valence-corrected chi connectivity index (χ2v) is 7.10. The van der Waals surface area contributed by atoms with Gasteiger partial charge in [-0.15, -0.1) is 0 Å². The molecule has 0 saturated heterocycles. The lowest BCUT2D eigenvalue weighted by atomic mass is 10.0. The molecular weight excluding hydrogens is 324 g/mol. The Bertz CT molecular complexity index is 866. The van der Waals surface area contributed by atoms with Crippen LogP contribution in [0.2, 0.25) is 0 Å². The molecule has 2 aromatic rings. The highest BCUT2D eigenvalue weighted by molar-refractivity contribution is 7.99. The van der Waals surface area contributed by atoms with E-state index in [1.165, 1.54) is 0 Å².